The quantitative estimate of drug-likeness (QED) is 0.284. The summed E-state index contributed by atoms with van der Waals surface area (Å²) in [6.07, 6.45) is 1.89. The van der Waals surface area contributed by atoms with Crippen molar-refractivity contribution in [2.75, 3.05) is 18.0 Å². The minimum absolute atomic E-state index is 0.0719. The average molecular weight is 580 g/mol. The van der Waals surface area contributed by atoms with Crippen LogP contribution in [-0.4, -0.2) is 50.9 Å². The highest BCUT2D eigenvalue weighted by Gasteiger charge is 2.34. The Bertz CT molecular complexity index is 1390. The molecule has 3 aromatic rings. The first-order valence-corrected chi connectivity index (χ1v) is 15.5. The number of carbonyl (C=O) groups excluding carboxylic acids is 2. The van der Waals surface area contributed by atoms with E-state index in [1.807, 2.05) is 58.0 Å². The Kier molecular flexibility index (Phi) is 11.3. The number of hydrogen-bond donors (Lipinski definition) is 1. The topological polar surface area (TPSA) is 96.0 Å². The number of benzene rings is 3. The van der Waals surface area contributed by atoms with Crippen molar-refractivity contribution in [3.05, 3.63) is 90.0 Å². The number of amides is 2. The molecule has 9 heteroatoms. The van der Waals surface area contributed by atoms with Crippen molar-refractivity contribution in [1.82, 2.24) is 10.2 Å². The number of carbonyl (C=O) groups is 2. The van der Waals surface area contributed by atoms with Gasteiger partial charge in [0.15, 0.2) is 0 Å². The maximum atomic E-state index is 14.2. The fourth-order valence-electron chi connectivity index (χ4n) is 4.47. The highest BCUT2D eigenvalue weighted by molar-refractivity contribution is 7.92. The first kappa shape index (κ1) is 31.7. The van der Waals surface area contributed by atoms with E-state index in [1.54, 1.807) is 43.5 Å². The van der Waals surface area contributed by atoms with E-state index in [2.05, 4.69) is 5.32 Å². The number of rotatable bonds is 14. The summed E-state index contributed by atoms with van der Waals surface area (Å²) in [4.78, 5) is 29.1. The van der Waals surface area contributed by atoms with Crippen LogP contribution in [0.25, 0.3) is 0 Å². The van der Waals surface area contributed by atoms with Crippen LogP contribution < -0.4 is 14.4 Å². The van der Waals surface area contributed by atoms with Gasteiger partial charge >= 0.3 is 0 Å². The van der Waals surface area contributed by atoms with Gasteiger partial charge in [0.05, 0.1) is 17.7 Å². The second kappa shape index (κ2) is 14.7. The van der Waals surface area contributed by atoms with E-state index in [4.69, 9.17) is 4.74 Å². The van der Waals surface area contributed by atoms with Crippen LogP contribution in [0.15, 0.2) is 83.8 Å². The minimum atomic E-state index is -4.10. The van der Waals surface area contributed by atoms with Gasteiger partial charge in [-0.2, -0.15) is 0 Å². The van der Waals surface area contributed by atoms with Gasteiger partial charge in [-0.25, -0.2) is 8.42 Å². The van der Waals surface area contributed by atoms with Gasteiger partial charge < -0.3 is 15.0 Å². The van der Waals surface area contributed by atoms with Gasteiger partial charge in [0.1, 0.15) is 18.3 Å². The van der Waals surface area contributed by atoms with Crippen LogP contribution in [-0.2, 0) is 32.6 Å². The molecule has 0 unspecified atom stereocenters. The molecule has 0 aliphatic heterocycles. The fraction of sp³-hybridized carbons (Fsp3) is 0.375. The van der Waals surface area contributed by atoms with Crippen LogP contribution in [0.1, 0.15) is 51.7 Å². The number of nitrogens with one attached hydrogen (secondary N) is 1. The molecule has 3 rings (SSSR count). The molecule has 0 saturated carbocycles. The summed E-state index contributed by atoms with van der Waals surface area (Å²) in [5.74, 6) is -0.141. The summed E-state index contributed by atoms with van der Waals surface area (Å²) in [6.45, 7) is 7.38. The molecule has 220 valence electrons. The molecule has 0 bridgehead atoms. The van der Waals surface area contributed by atoms with E-state index in [-0.39, 0.29) is 23.4 Å². The highest BCUT2D eigenvalue weighted by atomic mass is 32.2. The molecule has 41 heavy (non-hydrogen) atoms. The molecule has 2 amide bonds. The highest BCUT2D eigenvalue weighted by Crippen LogP contribution is 2.26. The molecular formula is C32H41N3O5S. The van der Waals surface area contributed by atoms with Crippen molar-refractivity contribution in [2.24, 2.45) is 0 Å². The lowest BCUT2D eigenvalue weighted by molar-refractivity contribution is -0.140. The van der Waals surface area contributed by atoms with Crippen LogP contribution in [0.4, 0.5) is 5.69 Å². The zero-order chi connectivity index (χ0) is 30.0. The van der Waals surface area contributed by atoms with Crippen LogP contribution in [0.5, 0.6) is 5.75 Å². The van der Waals surface area contributed by atoms with Gasteiger partial charge in [-0.1, -0.05) is 63.2 Å². The Morgan fingerprint density at radius 1 is 0.878 bits per heavy atom. The van der Waals surface area contributed by atoms with Crippen LogP contribution >= 0.6 is 0 Å². The molecule has 0 aliphatic carbocycles. The van der Waals surface area contributed by atoms with E-state index < -0.39 is 28.5 Å². The Labute approximate surface area is 244 Å². The van der Waals surface area contributed by atoms with Gasteiger partial charge in [-0.15, -0.1) is 0 Å². The molecule has 0 heterocycles. The predicted octanol–water partition coefficient (Wildman–Crippen LogP) is 5.18. The molecule has 1 N–H and O–H groups in total. The van der Waals surface area contributed by atoms with Gasteiger partial charge in [0.2, 0.25) is 11.8 Å². The van der Waals surface area contributed by atoms with E-state index in [9.17, 15) is 18.0 Å². The molecule has 2 atom stereocenters. The Morgan fingerprint density at radius 2 is 1.56 bits per heavy atom. The first-order chi connectivity index (χ1) is 19.6. The molecule has 0 saturated heterocycles. The number of ether oxygens (including phenoxy) is 1. The van der Waals surface area contributed by atoms with Gasteiger partial charge in [0.25, 0.3) is 10.0 Å². The van der Waals surface area contributed by atoms with E-state index in [0.717, 1.165) is 28.3 Å². The Balaban J connectivity index is 2.06. The van der Waals surface area contributed by atoms with Gasteiger partial charge in [-0.3, -0.25) is 13.9 Å². The lowest BCUT2D eigenvalue weighted by Crippen LogP contribution is -2.53. The Morgan fingerprint density at radius 3 is 2.15 bits per heavy atom. The molecule has 0 aliphatic rings. The summed E-state index contributed by atoms with van der Waals surface area (Å²) in [5.41, 5.74) is 2.18. The summed E-state index contributed by atoms with van der Waals surface area (Å²) < 4.78 is 34.3. The summed E-state index contributed by atoms with van der Waals surface area (Å²) >= 11 is 0. The predicted molar refractivity (Wildman–Crippen MR) is 162 cm³/mol. The van der Waals surface area contributed by atoms with Crippen LogP contribution in [0.2, 0.25) is 0 Å². The van der Waals surface area contributed by atoms with Crippen molar-refractivity contribution in [3.8, 4) is 5.75 Å². The lowest BCUT2D eigenvalue weighted by Gasteiger charge is -2.33. The normalized spacial score (nSPS) is 12.7. The number of methoxy groups -OCH3 is 1. The molecule has 0 aromatic heterocycles. The third-order valence-electron chi connectivity index (χ3n) is 7.12. The minimum Gasteiger partial charge on any atom is -0.497 e. The maximum absolute atomic E-state index is 14.2. The molecule has 3 aromatic carbocycles. The number of nitrogens with zero attached hydrogens (tertiary/aromatic N) is 2. The monoisotopic (exact) mass is 579 g/mol. The SMILES string of the molecule is CCc1ccc(N(CC(=O)N(Cc2cccc(OC)c2)[C@H](CC)C(=O)N[C@H](C)CC)S(=O)(=O)c2ccccc2)cc1. The fourth-order valence-corrected chi connectivity index (χ4v) is 5.91. The maximum Gasteiger partial charge on any atom is 0.264 e. The largest absolute Gasteiger partial charge is 0.497 e. The number of hydrogen-bond acceptors (Lipinski definition) is 5. The van der Waals surface area contributed by atoms with Crippen LogP contribution in [0.3, 0.4) is 0 Å². The summed E-state index contributed by atoms with van der Waals surface area (Å²) in [5, 5.41) is 2.99. The van der Waals surface area contributed by atoms with Crippen molar-refractivity contribution >= 4 is 27.5 Å². The van der Waals surface area contributed by atoms with Gasteiger partial charge in [-0.05, 0) is 73.7 Å². The van der Waals surface area contributed by atoms with E-state index in [0.29, 0.717) is 17.9 Å². The average Bonchev–Trinajstić information content (AvgIpc) is 3.00. The number of aryl methyl sites for hydroxylation is 1. The van der Waals surface area contributed by atoms with Crippen molar-refractivity contribution in [3.63, 3.8) is 0 Å². The molecule has 0 fully saturated rings. The van der Waals surface area contributed by atoms with Crippen molar-refractivity contribution in [2.45, 2.75) is 70.5 Å². The molecule has 8 nitrogen and oxygen atoms in total. The lowest BCUT2D eigenvalue weighted by atomic mass is 10.1. The van der Waals surface area contributed by atoms with E-state index in [1.165, 1.54) is 17.0 Å². The summed E-state index contributed by atoms with van der Waals surface area (Å²) in [7, 11) is -2.53. The second-order valence-electron chi connectivity index (χ2n) is 9.96. The third kappa shape index (κ3) is 8.10. The van der Waals surface area contributed by atoms with Crippen LogP contribution in [0, 0.1) is 0 Å². The molecule has 0 radical (unpaired) electrons. The number of anilines is 1. The third-order valence-corrected chi connectivity index (χ3v) is 8.90. The Hall–Kier alpha value is -3.85. The zero-order valence-electron chi connectivity index (χ0n) is 24.5. The van der Waals surface area contributed by atoms with E-state index >= 15 is 0 Å². The molecular weight excluding hydrogens is 538 g/mol. The standard InChI is InChI=1S/C32H41N3O5S/c1-6-24(4)33-32(37)30(8-3)34(22-26-13-12-14-28(21-26)40-5)31(36)23-35(27-19-17-25(7-2)18-20-27)41(38,39)29-15-10-9-11-16-29/h9-21,24,30H,6-8,22-23H2,1-5H3,(H,33,37)/t24-,30-/m1/s1. The molecule has 0 spiro atoms. The second-order valence-corrected chi connectivity index (χ2v) is 11.8. The smallest absolute Gasteiger partial charge is 0.264 e. The summed E-state index contributed by atoms with van der Waals surface area (Å²) in [6, 6.07) is 21.6. The zero-order valence-corrected chi connectivity index (χ0v) is 25.4. The van der Waals surface area contributed by atoms with Crippen molar-refractivity contribution in [1.29, 1.82) is 0 Å². The first-order valence-electron chi connectivity index (χ1n) is 14.0. The van der Waals surface area contributed by atoms with Gasteiger partial charge in [0, 0.05) is 12.6 Å². The number of sulfonamides is 1. The van der Waals surface area contributed by atoms with Crippen molar-refractivity contribution < 1.29 is 22.7 Å².